The molecule has 0 aromatic heterocycles. The fourth-order valence-electron chi connectivity index (χ4n) is 2.24. The molecule has 0 aliphatic carbocycles. The van der Waals surface area contributed by atoms with Gasteiger partial charge in [0.15, 0.2) is 0 Å². The molecule has 2 aromatic carbocycles. The Kier molecular flexibility index (Phi) is 7.92. The van der Waals surface area contributed by atoms with Gasteiger partial charge in [-0.15, -0.1) is 11.8 Å². The molecule has 0 aliphatic heterocycles. The van der Waals surface area contributed by atoms with Crippen LogP contribution >= 0.6 is 11.8 Å². The molecule has 0 fully saturated rings. The molecule has 0 saturated heterocycles. The predicted octanol–water partition coefficient (Wildman–Crippen LogP) is 7.08. The van der Waals surface area contributed by atoms with Crippen LogP contribution in [0.15, 0.2) is 109 Å². The molecule has 122 valence electrons. The van der Waals surface area contributed by atoms with Crippen LogP contribution in [-0.2, 0) is 0 Å². The average Bonchev–Trinajstić information content (AvgIpc) is 2.62. The Morgan fingerprint density at radius 1 is 0.875 bits per heavy atom. The monoisotopic (exact) mass is 332 g/mol. The minimum atomic E-state index is 0.445. The fraction of sp³-hybridized carbons (Fsp3) is 0.130. The van der Waals surface area contributed by atoms with Crippen LogP contribution in [0.25, 0.3) is 11.1 Å². The lowest BCUT2D eigenvalue weighted by Gasteiger charge is -2.07. The Balaban J connectivity index is 1.84. The SMILES string of the molecule is C=C/C=C\C/C=C\C=C/C(C)Sc1ccc(-c2ccccc2)cc1. The molecule has 1 unspecified atom stereocenters. The Morgan fingerprint density at radius 2 is 1.54 bits per heavy atom. The van der Waals surface area contributed by atoms with E-state index in [9.17, 15) is 0 Å². The molecule has 0 saturated carbocycles. The number of rotatable bonds is 8. The van der Waals surface area contributed by atoms with Gasteiger partial charge in [-0.05, 0) is 36.6 Å². The van der Waals surface area contributed by atoms with Crippen molar-refractivity contribution in [1.29, 1.82) is 0 Å². The minimum Gasteiger partial charge on any atom is -0.119 e. The van der Waals surface area contributed by atoms with Gasteiger partial charge in [-0.25, -0.2) is 0 Å². The molecule has 0 spiro atoms. The van der Waals surface area contributed by atoms with Crippen molar-refractivity contribution in [2.24, 2.45) is 0 Å². The van der Waals surface area contributed by atoms with E-state index in [0.29, 0.717) is 5.25 Å². The Labute approximate surface area is 150 Å². The third kappa shape index (κ3) is 6.47. The highest BCUT2D eigenvalue weighted by Crippen LogP contribution is 2.27. The Morgan fingerprint density at radius 3 is 2.25 bits per heavy atom. The number of benzene rings is 2. The maximum Gasteiger partial charge on any atom is 0.0249 e. The molecule has 24 heavy (non-hydrogen) atoms. The molecule has 1 heteroatoms. The van der Waals surface area contributed by atoms with E-state index in [0.717, 1.165) is 6.42 Å². The van der Waals surface area contributed by atoms with Crippen molar-refractivity contribution >= 4 is 11.8 Å². The van der Waals surface area contributed by atoms with Crippen molar-refractivity contribution in [3.8, 4) is 11.1 Å². The van der Waals surface area contributed by atoms with Crippen LogP contribution < -0.4 is 0 Å². The van der Waals surface area contributed by atoms with Crippen molar-refractivity contribution in [2.45, 2.75) is 23.5 Å². The second-order valence-corrected chi connectivity index (χ2v) is 6.88. The van der Waals surface area contributed by atoms with Gasteiger partial charge in [-0.2, -0.15) is 0 Å². The van der Waals surface area contributed by atoms with E-state index in [4.69, 9.17) is 0 Å². The van der Waals surface area contributed by atoms with E-state index in [1.54, 1.807) is 6.08 Å². The lowest BCUT2D eigenvalue weighted by molar-refractivity contribution is 1.23. The second kappa shape index (κ2) is 10.5. The quantitative estimate of drug-likeness (QED) is 0.367. The summed E-state index contributed by atoms with van der Waals surface area (Å²) in [4.78, 5) is 1.30. The number of hydrogen-bond acceptors (Lipinski definition) is 1. The number of allylic oxidation sites excluding steroid dienone is 6. The van der Waals surface area contributed by atoms with E-state index in [2.05, 4.69) is 92.4 Å². The predicted molar refractivity (Wildman–Crippen MR) is 109 cm³/mol. The summed E-state index contributed by atoms with van der Waals surface area (Å²) < 4.78 is 0. The summed E-state index contributed by atoms with van der Waals surface area (Å²) in [5, 5.41) is 0.445. The zero-order valence-corrected chi connectivity index (χ0v) is 15.0. The fourth-order valence-corrected chi connectivity index (χ4v) is 3.13. The highest BCUT2D eigenvalue weighted by Gasteiger charge is 2.01. The molecule has 2 aromatic rings. The van der Waals surface area contributed by atoms with Gasteiger partial charge < -0.3 is 0 Å². The summed E-state index contributed by atoms with van der Waals surface area (Å²) in [7, 11) is 0. The molecule has 2 rings (SSSR count). The maximum absolute atomic E-state index is 3.65. The van der Waals surface area contributed by atoms with Crippen molar-refractivity contribution in [3.05, 3.63) is 104 Å². The molecule has 0 radical (unpaired) electrons. The number of hydrogen-bond donors (Lipinski definition) is 0. The summed E-state index contributed by atoms with van der Waals surface area (Å²) in [6, 6.07) is 19.3. The zero-order chi connectivity index (χ0) is 17.0. The second-order valence-electron chi connectivity index (χ2n) is 5.43. The van der Waals surface area contributed by atoms with Crippen molar-refractivity contribution in [3.63, 3.8) is 0 Å². The molecule has 0 N–H and O–H groups in total. The van der Waals surface area contributed by atoms with Crippen LogP contribution in [0.2, 0.25) is 0 Å². The smallest absolute Gasteiger partial charge is 0.0249 e. The first-order valence-corrected chi connectivity index (χ1v) is 9.10. The lowest BCUT2D eigenvalue weighted by Crippen LogP contribution is -1.89. The molecule has 0 amide bonds. The molecule has 0 aliphatic rings. The topological polar surface area (TPSA) is 0 Å². The highest BCUT2D eigenvalue weighted by molar-refractivity contribution is 8.00. The van der Waals surface area contributed by atoms with Crippen LogP contribution in [0.4, 0.5) is 0 Å². The highest BCUT2D eigenvalue weighted by atomic mass is 32.2. The van der Waals surface area contributed by atoms with Crippen molar-refractivity contribution in [2.75, 3.05) is 0 Å². The molecule has 0 nitrogen and oxygen atoms in total. The van der Waals surface area contributed by atoms with Gasteiger partial charge in [0.05, 0.1) is 0 Å². The van der Waals surface area contributed by atoms with Crippen LogP contribution in [-0.4, -0.2) is 5.25 Å². The minimum absolute atomic E-state index is 0.445. The van der Waals surface area contributed by atoms with Crippen LogP contribution in [0, 0.1) is 0 Å². The summed E-state index contributed by atoms with van der Waals surface area (Å²) >= 11 is 1.87. The summed E-state index contributed by atoms with van der Waals surface area (Å²) in [6.45, 7) is 5.87. The first-order chi connectivity index (χ1) is 11.8. The van der Waals surface area contributed by atoms with E-state index >= 15 is 0 Å². The summed E-state index contributed by atoms with van der Waals surface area (Å²) in [5.74, 6) is 0. The van der Waals surface area contributed by atoms with Gasteiger partial charge in [0, 0.05) is 10.1 Å². The average molecular weight is 333 g/mol. The standard InChI is InChI=1S/C23H24S/c1-3-4-5-6-7-8-10-13-20(2)24-23-18-16-22(17-19-23)21-14-11-9-12-15-21/h3-5,7-20H,1,6H2,2H3/b5-4-,8-7-,13-10-. The molecule has 1 atom stereocenters. The third-order valence-electron chi connectivity index (χ3n) is 3.46. The van der Waals surface area contributed by atoms with Crippen LogP contribution in [0.1, 0.15) is 13.3 Å². The largest absolute Gasteiger partial charge is 0.119 e. The van der Waals surface area contributed by atoms with Crippen LogP contribution in [0.5, 0.6) is 0 Å². The molecular formula is C23H24S. The molecule has 0 heterocycles. The third-order valence-corrected chi connectivity index (χ3v) is 4.53. The molecular weight excluding hydrogens is 308 g/mol. The van der Waals surface area contributed by atoms with Crippen molar-refractivity contribution in [1.82, 2.24) is 0 Å². The van der Waals surface area contributed by atoms with Gasteiger partial charge in [0.1, 0.15) is 0 Å². The van der Waals surface area contributed by atoms with E-state index in [1.165, 1.54) is 16.0 Å². The number of thioether (sulfide) groups is 1. The summed E-state index contributed by atoms with van der Waals surface area (Å²) in [5.41, 5.74) is 2.52. The first-order valence-electron chi connectivity index (χ1n) is 8.22. The normalized spacial score (nSPS) is 13.0. The maximum atomic E-state index is 3.65. The lowest BCUT2D eigenvalue weighted by atomic mass is 10.1. The van der Waals surface area contributed by atoms with Gasteiger partial charge in [0.2, 0.25) is 0 Å². The Bertz CT molecular complexity index is 691. The van der Waals surface area contributed by atoms with Crippen molar-refractivity contribution < 1.29 is 0 Å². The molecule has 0 bridgehead atoms. The zero-order valence-electron chi connectivity index (χ0n) is 14.1. The first kappa shape index (κ1) is 18.1. The van der Waals surface area contributed by atoms with Gasteiger partial charge in [-0.3, -0.25) is 0 Å². The van der Waals surface area contributed by atoms with E-state index in [-0.39, 0.29) is 0 Å². The van der Waals surface area contributed by atoms with Crippen LogP contribution in [0.3, 0.4) is 0 Å². The van der Waals surface area contributed by atoms with Gasteiger partial charge >= 0.3 is 0 Å². The Hall–Kier alpha value is -2.25. The van der Waals surface area contributed by atoms with Gasteiger partial charge in [0.25, 0.3) is 0 Å². The van der Waals surface area contributed by atoms with Gasteiger partial charge in [-0.1, -0.05) is 91.6 Å². The van der Waals surface area contributed by atoms with E-state index in [1.807, 2.05) is 23.9 Å². The van der Waals surface area contributed by atoms with E-state index < -0.39 is 0 Å². The summed E-state index contributed by atoms with van der Waals surface area (Å²) in [6.07, 6.45) is 15.4.